The van der Waals surface area contributed by atoms with Crippen molar-refractivity contribution in [2.45, 2.75) is 51.0 Å². The van der Waals surface area contributed by atoms with E-state index in [1.165, 1.54) is 63.8 Å². The highest BCUT2D eigenvalue weighted by atomic mass is 16.1. The molecule has 0 amide bonds. The van der Waals surface area contributed by atoms with Gasteiger partial charge in [-0.05, 0) is 63.3 Å². The topological polar surface area (TPSA) is 23.6 Å². The van der Waals surface area contributed by atoms with Crippen LogP contribution in [-0.2, 0) is 0 Å². The zero-order chi connectivity index (χ0) is 20.1. The van der Waals surface area contributed by atoms with E-state index in [2.05, 4.69) is 28.9 Å². The maximum atomic E-state index is 12.6. The number of ketones is 1. The molecule has 0 radical (unpaired) electrons. The first-order valence-corrected chi connectivity index (χ1v) is 11.4. The normalized spacial score (nSPS) is 20.4. The fraction of sp³-hybridized carbons (Fsp3) is 0.500. The van der Waals surface area contributed by atoms with E-state index >= 15 is 0 Å². The van der Waals surface area contributed by atoms with E-state index in [1.54, 1.807) is 0 Å². The second-order valence-corrected chi connectivity index (χ2v) is 8.85. The molecule has 154 valence electrons. The van der Waals surface area contributed by atoms with Gasteiger partial charge in [-0.2, -0.15) is 0 Å². The van der Waals surface area contributed by atoms with Crippen LogP contribution in [0.15, 0.2) is 54.6 Å². The van der Waals surface area contributed by atoms with Gasteiger partial charge in [-0.15, -0.1) is 0 Å². The predicted molar refractivity (Wildman–Crippen MR) is 120 cm³/mol. The van der Waals surface area contributed by atoms with Crippen LogP contribution in [0, 0.1) is 0 Å². The van der Waals surface area contributed by atoms with Crippen LogP contribution in [0.2, 0.25) is 0 Å². The predicted octanol–water partition coefficient (Wildman–Crippen LogP) is 4.97. The molecule has 2 aliphatic heterocycles. The third kappa shape index (κ3) is 5.15. The van der Waals surface area contributed by atoms with Crippen molar-refractivity contribution >= 4 is 5.78 Å². The van der Waals surface area contributed by atoms with Gasteiger partial charge in [0.1, 0.15) is 0 Å². The Morgan fingerprint density at radius 2 is 1.48 bits per heavy atom. The summed E-state index contributed by atoms with van der Waals surface area (Å²) in [5, 5.41) is 0. The third-order valence-electron chi connectivity index (χ3n) is 6.77. The van der Waals surface area contributed by atoms with Gasteiger partial charge < -0.3 is 9.80 Å². The van der Waals surface area contributed by atoms with Gasteiger partial charge in [0.2, 0.25) is 0 Å². The lowest BCUT2D eigenvalue weighted by Crippen LogP contribution is -2.47. The quantitative estimate of drug-likeness (QED) is 0.651. The van der Waals surface area contributed by atoms with E-state index in [0.717, 1.165) is 23.7 Å². The minimum Gasteiger partial charge on any atom is -0.303 e. The smallest absolute Gasteiger partial charge is 0.193 e. The number of piperidine rings is 2. The highest BCUT2D eigenvalue weighted by Crippen LogP contribution is 2.24. The van der Waals surface area contributed by atoms with Crippen molar-refractivity contribution < 1.29 is 4.79 Å². The Balaban J connectivity index is 1.29. The van der Waals surface area contributed by atoms with Gasteiger partial charge in [-0.3, -0.25) is 4.79 Å². The molecule has 0 aliphatic carbocycles. The number of benzene rings is 2. The molecule has 0 spiro atoms. The molecule has 1 atom stereocenters. The Morgan fingerprint density at radius 3 is 2.14 bits per heavy atom. The first-order chi connectivity index (χ1) is 14.2. The molecule has 0 N–H and O–H groups in total. The van der Waals surface area contributed by atoms with Crippen molar-refractivity contribution in [1.82, 2.24) is 9.80 Å². The summed E-state index contributed by atoms with van der Waals surface area (Å²) in [5.41, 5.74) is 2.85. The van der Waals surface area contributed by atoms with E-state index in [-0.39, 0.29) is 5.78 Å². The molecular weight excluding hydrogens is 356 g/mol. The molecule has 2 heterocycles. The molecular formula is C26H34N2O. The second kappa shape index (κ2) is 9.69. The zero-order valence-electron chi connectivity index (χ0n) is 17.7. The van der Waals surface area contributed by atoms with Crippen LogP contribution in [0.5, 0.6) is 0 Å². The summed E-state index contributed by atoms with van der Waals surface area (Å²) in [6.07, 6.45) is 6.83. The maximum absolute atomic E-state index is 12.6. The summed E-state index contributed by atoms with van der Waals surface area (Å²) in [7, 11) is 0. The van der Waals surface area contributed by atoms with Crippen molar-refractivity contribution in [3.63, 3.8) is 0 Å². The SMILES string of the molecule is CC(CN1CCC(N2CCCCC2)CC1)c1ccc(C(=O)c2ccccc2)cc1. The minimum atomic E-state index is 0.101. The third-order valence-corrected chi connectivity index (χ3v) is 6.77. The van der Waals surface area contributed by atoms with E-state index < -0.39 is 0 Å². The molecule has 3 heteroatoms. The van der Waals surface area contributed by atoms with E-state index in [9.17, 15) is 4.79 Å². The number of hydrogen-bond acceptors (Lipinski definition) is 3. The standard InChI is InChI=1S/C26H34N2O/c1-21(20-27-18-14-25(15-19-27)28-16-6-3-7-17-28)22-10-12-24(13-11-22)26(29)23-8-4-2-5-9-23/h2,4-5,8-13,21,25H,3,6-7,14-20H2,1H3. The van der Waals surface area contributed by atoms with Crippen molar-refractivity contribution in [1.29, 1.82) is 0 Å². The van der Waals surface area contributed by atoms with E-state index in [0.29, 0.717) is 5.92 Å². The summed E-state index contributed by atoms with van der Waals surface area (Å²) >= 11 is 0. The monoisotopic (exact) mass is 390 g/mol. The van der Waals surface area contributed by atoms with Crippen molar-refractivity contribution in [3.8, 4) is 0 Å². The van der Waals surface area contributed by atoms with Gasteiger partial charge in [0, 0.05) is 23.7 Å². The number of hydrogen-bond donors (Lipinski definition) is 0. The van der Waals surface area contributed by atoms with Crippen molar-refractivity contribution in [2.24, 2.45) is 0 Å². The molecule has 2 saturated heterocycles. The van der Waals surface area contributed by atoms with Crippen LogP contribution >= 0.6 is 0 Å². The lowest BCUT2D eigenvalue weighted by molar-refractivity contribution is 0.0905. The molecule has 2 aliphatic rings. The number of likely N-dealkylation sites (tertiary alicyclic amines) is 2. The maximum Gasteiger partial charge on any atom is 0.193 e. The van der Waals surface area contributed by atoms with Crippen LogP contribution in [0.4, 0.5) is 0 Å². The average molecular weight is 391 g/mol. The van der Waals surface area contributed by atoms with Gasteiger partial charge in [0.25, 0.3) is 0 Å². The first kappa shape index (κ1) is 20.3. The van der Waals surface area contributed by atoms with Crippen molar-refractivity contribution in [2.75, 3.05) is 32.7 Å². The second-order valence-electron chi connectivity index (χ2n) is 8.85. The molecule has 29 heavy (non-hydrogen) atoms. The van der Waals surface area contributed by atoms with Gasteiger partial charge in [-0.25, -0.2) is 0 Å². The summed E-state index contributed by atoms with van der Waals surface area (Å²) in [4.78, 5) is 18.0. The molecule has 1 unspecified atom stereocenters. The molecule has 0 aromatic heterocycles. The number of rotatable bonds is 6. The van der Waals surface area contributed by atoms with Gasteiger partial charge in [0.15, 0.2) is 5.78 Å². The van der Waals surface area contributed by atoms with Crippen LogP contribution in [0.25, 0.3) is 0 Å². The van der Waals surface area contributed by atoms with Crippen LogP contribution in [0.3, 0.4) is 0 Å². The number of carbonyl (C=O) groups excluding carboxylic acids is 1. The van der Waals surface area contributed by atoms with E-state index in [4.69, 9.17) is 0 Å². The Morgan fingerprint density at radius 1 is 0.862 bits per heavy atom. The summed E-state index contributed by atoms with van der Waals surface area (Å²) in [5.74, 6) is 0.590. The largest absolute Gasteiger partial charge is 0.303 e. The van der Waals surface area contributed by atoms with Crippen LogP contribution in [0.1, 0.15) is 66.4 Å². The fourth-order valence-electron chi connectivity index (χ4n) is 4.96. The fourth-order valence-corrected chi connectivity index (χ4v) is 4.96. The molecule has 4 rings (SSSR count). The lowest BCUT2D eigenvalue weighted by Gasteiger charge is -2.40. The van der Waals surface area contributed by atoms with Crippen LogP contribution < -0.4 is 0 Å². The minimum absolute atomic E-state index is 0.101. The Labute approximate surface area is 175 Å². The van der Waals surface area contributed by atoms with Crippen molar-refractivity contribution in [3.05, 3.63) is 71.3 Å². The number of carbonyl (C=O) groups is 1. The summed E-state index contributed by atoms with van der Waals surface area (Å²) < 4.78 is 0. The Hall–Kier alpha value is -1.97. The van der Waals surface area contributed by atoms with Gasteiger partial charge >= 0.3 is 0 Å². The average Bonchev–Trinajstić information content (AvgIpc) is 2.80. The Kier molecular flexibility index (Phi) is 6.78. The first-order valence-electron chi connectivity index (χ1n) is 11.4. The highest BCUT2D eigenvalue weighted by Gasteiger charge is 2.26. The molecule has 3 nitrogen and oxygen atoms in total. The Bertz CT molecular complexity index is 772. The van der Waals surface area contributed by atoms with Gasteiger partial charge in [-0.1, -0.05) is 67.9 Å². The number of nitrogens with zero attached hydrogens (tertiary/aromatic N) is 2. The van der Waals surface area contributed by atoms with E-state index in [1.807, 2.05) is 42.5 Å². The lowest BCUT2D eigenvalue weighted by atomic mass is 9.95. The molecule has 0 bridgehead atoms. The zero-order valence-corrected chi connectivity index (χ0v) is 17.7. The molecule has 0 saturated carbocycles. The van der Waals surface area contributed by atoms with Crippen LogP contribution in [-0.4, -0.2) is 54.3 Å². The molecule has 2 aromatic rings. The molecule has 2 aromatic carbocycles. The molecule has 2 fully saturated rings. The van der Waals surface area contributed by atoms with Gasteiger partial charge in [0.05, 0.1) is 0 Å². The summed E-state index contributed by atoms with van der Waals surface area (Å²) in [6.45, 7) is 8.49. The highest BCUT2D eigenvalue weighted by molar-refractivity contribution is 6.08. The summed E-state index contributed by atoms with van der Waals surface area (Å²) in [6, 6.07) is 18.6.